The second kappa shape index (κ2) is 7.96. The van der Waals surface area contributed by atoms with Crippen molar-refractivity contribution in [3.8, 4) is 5.75 Å². The summed E-state index contributed by atoms with van der Waals surface area (Å²) in [4.78, 5) is 14.0. The predicted molar refractivity (Wildman–Crippen MR) is 91.2 cm³/mol. The van der Waals surface area contributed by atoms with Crippen molar-refractivity contribution in [1.82, 2.24) is 9.21 Å². The van der Waals surface area contributed by atoms with Crippen LogP contribution in [0.4, 0.5) is 0 Å². The van der Waals surface area contributed by atoms with Crippen molar-refractivity contribution in [2.45, 2.75) is 30.7 Å². The van der Waals surface area contributed by atoms with Crippen LogP contribution in [0, 0.1) is 0 Å². The van der Waals surface area contributed by atoms with Gasteiger partial charge in [-0.2, -0.15) is 4.31 Å². The molecule has 1 aliphatic heterocycles. The lowest BCUT2D eigenvalue weighted by atomic mass is 10.2. The van der Waals surface area contributed by atoms with Crippen molar-refractivity contribution >= 4 is 15.9 Å². The molecule has 1 heterocycles. The molecule has 1 saturated heterocycles. The van der Waals surface area contributed by atoms with Gasteiger partial charge in [0.15, 0.2) is 0 Å². The fraction of sp³-hybridized carbons (Fsp3) is 0.562. The van der Waals surface area contributed by atoms with E-state index in [1.807, 2.05) is 6.92 Å². The summed E-state index contributed by atoms with van der Waals surface area (Å²) in [5.74, 6) is 0.646. The summed E-state index contributed by atoms with van der Waals surface area (Å²) in [6.45, 7) is 3.30. The first-order chi connectivity index (χ1) is 11.3. The molecule has 0 aromatic heterocycles. The standard InChI is InChI=1S/C16H25N3O4S/c1-13(17)3-8-16(20)18-9-11-19(12-10-18)24(21,22)15-6-4-14(23-2)5-7-15/h4-7,13H,3,8-12,17H2,1-2H3. The number of methoxy groups -OCH3 is 1. The zero-order valence-electron chi connectivity index (χ0n) is 14.1. The molecular weight excluding hydrogens is 330 g/mol. The van der Waals surface area contributed by atoms with E-state index in [9.17, 15) is 13.2 Å². The molecule has 8 heteroatoms. The van der Waals surface area contributed by atoms with Crippen LogP contribution in [-0.4, -0.2) is 62.9 Å². The monoisotopic (exact) mass is 355 g/mol. The summed E-state index contributed by atoms with van der Waals surface area (Å²) in [5, 5.41) is 0. The van der Waals surface area contributed by atoms with Gasteiger partial charge in [-0.25, -0.2) is 8.42 Å². The molecule has 2 rings (SSSR count). The summed E-state index contributed by atoms with van der Waals surface area (Å²) < 4.78 is 31.8. The number of hydrogen-bond acceptors (Lipinski definition) is 5. The number of benzene rings is 1. The molecule has 0 spiro atoms. The van der Waals surface area contributed by atoms with Gasteiger partial charge < -0.3 is 15.4 Å². The highest BCUT2D eigenvalue weighted by molar-refractivity contribution is 7.89. The second-order valence-electron chi connectivity index (χ2n) is 5.98. The Bertz CT molecular complexity index is 650. The highest BCUT2D eigenvalue weighted by Crippen LogP contribution is 2.20. The van der Waals surface area contributed by atoms with Crippen LogP contribution in [-0.2, 0) is 14.8 Å². The minimum atomic E-state index is -3.54. The van der Waals surface area contributed by atoms with E-state index in [1.54, 1.807) is 17.0 Å². The Morgan fingerprint density at radius 3 is 2.29 bits per heavy atom. The average Bonchev–Trinajstić information content (AvgIpc) is 2.59. The molecule has 1 fully saturated rings. The smallest absolute Gasteiger partial charge is 0.243 e. The molecule has 1 amide bonds. The van der Waals surface area contributed by atoms with E-state index in [0.717, 1.165) is 0 Å². The van der Waals surface area contributed by atoms with Crippen LogP contribution in [0.2, 0.25) is 0 Å². The molecule has 1 aromatic rings. The first-order valence-corrected chi connectivity index (χ1v) is 9.46. The van der Waals surface area contributed by atoms with Crippen LogP contribution in [0.15, 0.2) is 29.2 Å². The number of ether oxygens (including phenoxy) is 1. The SMILES string of the molecule is COc1ccc(S(=O)(=O)N2CCN(C(=O)CCC(C)N)CC2)cc1. The molecule has 2 N–H and O–H groups in total. The van der Waals surface area contributed by atoms with Crippen molar-refractivity contribution in [3.05, 3.63) is 24.3 Å². The number of rotatable bonds is 6. The van der Waals surface area contributed by atoms with Crippen molar-refractivity contribution in [3.63, 3.8) is 0 Å². The first-order valence-electron chi connectivity index (χ1n) is 8.02. The van der Waals surface area contributed by atoms with Gasteiger partial charge in [0.1, 0.15) is 5.75 Å². The molecule has 0 aliphatic carbocycles. The quantitative estimate of drug-likeness (QED) is 0.809. The van der Waals surface area contributed by atoms with Crippen LogP contribution in [0.5, 0.6) is 5.75 Å². The molecule has 1 aromatic carbocycles. The minimum absolute atomic E-state index is 0.00862. The summed E-state index contributed by atoms with van der Waals surface area (Å²) in [6.07, 6.45) is 1.05. The van der Waals surface area contributed by atoms with Gasteiger partial charge in [-0.15, -0.1) is 0 Å². The van der Waals surface area contributed by atoms with Crippen LogP contribution in [0.25, 0.3) is 0 Å². The maximum Gasteiger partial charge on any atom is 0.243 e. The Kier molecular flexibility index (Phi) is 6.20. The Hall–Kier alpha value is -1.64. The third kappa shape index (κ3) is 4.46. The van der Waals surface area contributed by atoms with Gasteiger partial charge in [0, 0.05) is 38.6 Å². The largest absolute Gasteiger partial charge is 0.497 e. The van der Waals surface area contributed by atoms with E-state index in [1.165, 1.54) is 23.5 Å². The molecular formula is C16H25N3O4S. The molecule has 0 radical (unpaired) electrons. The van der Waals surface area contributed by atoms with E-state index in [-0.39, 0.29) is 16.8 Å². The van der Waals surface area contributed by atoms with E-state index in [4.69, 9.17) is 10.5 Å². The molecule has 134 valence electrons. The van der Waals surface area contributed by atoms with E-state index in [0.29, 0.717) is 44.8 Å². The second-order valence-corrected chi connectivity index (χ2v) is 7.91. The lowest BCUT2D eigenvalue weighted by Gasteiger charge is -2.34. The fourth-order valence-corrected chi connectivity index (χ4v) is 4.01. The first kappa shape index (κ1) is 18.7. The van der Waals surface area contributed by atoms with Crippen molar-refractivity contribution in [1.29, 1.82) is 0 Å². The van der Waals surface area contributed by atoms with Gasteiger partial charge in [0.2, 0.25) is 15.9 Å². The number of nitrogens with zero attached hydrogens (tertiary/aromatic N) is 2. The van der Waals surface area contributed by atoms with Crippen LogP contribution in [0.1, 0.15) is 19.8 Å². The molecule has 24 heavy (non-hydrogen) atoms. The van der Waals surface area contributed by atoms with E-state index in [2.05, 4.69) is 0 Å². The zero-order valence-corrected chi connectivity index (χ0v) is 15.0. The highest BCUT2D eigenvalue weighted by atomic mass is 32.2. The summed E-state index contributed by atoms with van der Waals surface area (Å²) in [7, 11) is -2.01. The lowest BCUT2D eigenvalue weighted by molar-refractivity contribution is -0.132. The number of sulfonamides is 1. The number of carbonyl (C=O) groups excluding carboxylic acids is 1. The van der Waals surface area contributed by atoms with Crippen LogP contribution >= 0.6 is 0 Å². The topological polar surface area (TPSA) is 92.9 Å². The Morgan fingerprint density at radius 1 is 1.21 bits per heavy atom. The van der Waals surface area contributed by atoms with E-state index < -0.39 is 10.0 Å². The summed E-state index contributed by atoms with van der Waals surface area (Å²) in [5.41, 5.74) is 5.67. The molecule has 7 nitrogen and oxygen atoms in total. The predicted octanol–water partition coefficient (Wildman–Crippen LogP) is 0.656. The van der Waals surface area contributed by atoms with Gasteiger partial charge in [0.25, 0.3) is 0 Å². The third-order valence-corrected chi connectivity index (χ3v) is 6.01. The van der Waals surface area contributed by atoms with Gasteiger partial charge in [-0.05, 0) is 37.6 Å². The zero-order chi connectivity index (χ0) is 17.7. The molecule has 0 saturated carbocycles. The normalized spacial score (nSPS) is 17.5. The fourth-order valence-electron chi connectivity index (χ4n) is 2.58. The third-order valence-electron chi connectivity index (χ3n) is 4.10. The maximum atomic E-state index is 12.6. The van der Waals surface area contributed by atoms with Gasteiger partial charge in [-0.3, -0.25) is 4.79 Å². The molecule has 1 aliphatic rings. The van der Waals surface area contributed by atoms with Crippen LogP contribution < -0.4 is 10.5 Å². The maximum absolute atomic E-state index is 12.6. The number of nitrogens with two attached hydrogens (primary N) is 1. The summed E-state index contributed by atoms with van der Waals surface area (Å²) in [6, 6.07) is 6.31. The van der Waals surface area contributed by atoms with Gasteiger partial charge in [0.05, 0.1) is 12.0 Å². The van der Waals surface area contributed by atoms with Crippen LogP contribution in [0.3, 0.4) is 0 Å². The molecule has 0 bridgehead atoms. The van der Waals surface area contributed by atoms with Gasteiger partial charge >= 0.3 is 0 Å². The van der Waals surface area contributed by atoms with Crippen molar-refractivity contribution in [2.75, 3.05) is 33.3 Å². The Balaban J connectivity index is 1.96. The van der Waals surface area contributed by atoms with Gasteiger partial charge in [-0.1, -0.05) is 0 Å². The van der Waals surface area contributed by atoms with Crippen molar-refractivity contribution in [2.24, 2.45) is 5.73 Å². The Morgan fingerprint density at radius 2 is 1.79 bits per heavy atom. The number of amides is 1. The lowest BCUT2D eigenvalue weighted by Crippen LogP contribution is -2.50. The number of hydrogen-bond donors (Lipinski definition) is 1. The highest BCUT2D eigenvalue weighted by Gasteiger charge is 2.29. The average molecular weight is 355 g/mol. The minimum Gasteiger partial charge on any atom is -0.497 e. The van der Waals surface area contributed by atoms with Crippen molar-refractivity contribution < 1.29 is 17.9 Å². The molecule has 1 atom stereocenters. The number of piperazine rings is 1. The molecule has 1 unspecified atom stereocenters. The number of carbonyl (C=O) groups is 1. The van der Waals surface area contributed by atoms with E-state index >= 15 is 0 Å². The summed E-state index contributed by atoms with van der Waals surface area (Å²) >= 11 is 0. The Labute approximate surface area is 143 Å².